The lowest BCUT2D eigenvalue weighted by Crippen LogP contribution is -2.43. The van der Waals surface area contributed by atoms with E-state index in [4.69, 9.17) is 0 Å². The van der Waals surface area contributed by atoms with Crippen molar-refractivity contribution in [2.24, 2.45) is 0 Å². The van der Waals surface area contributed by atoms with E-state index in [1.165, 1.54) is 4.90 Å². The summed E-state index contributed by atoms with van der Waals surface area (Å²) in [6.45, 7) is 0.291. The van der Waals surface area contributed by atoms with Crippen LogP contribution in [0.5, 0.6) is 0 Å². The van der Waals surface area contributed by atoms with E-state index in [0.717, 1.165) is 0 Å². The van der Waals surface area contributed by atoms with Gasteiger partial charge in [0.15, 0.2) is 5.78 Å². The van der Waals surface area contributed by atoms with Gasteiger partial charge in [0.05, 0.1) is 5.69 Å². The van der Waals surface area contributed by atoms with Crippen molar-refractivity contribution >= 4 is 18.0 Å². The first kappa shape index (κ1) is 15.0. The summed E-state index contributed by atoms with van der Waals surface area (Å²) in [5.41, 5.74) is 1.99. The van der Waals surface area contributed by atoms with Crippen molar-refractivity contribution in [1.29, 1.82) is 0 Å². The van der Waals surface area contributed by atoms with Crippen LogP contribution < -0.4 is 0 Å². The lowest BCUT2D eigenvalue weighted by molar-refractivity contribution is -0.121. The molecule has 2 heterocycles. The van der Waals surface area contributed by atoms with E-state index >= 15 is 0 Å². The number of benzene rings is 1. The van der Waals surface area contributed by atoms with Crippen molar-refractivity contribution in [1.82, 2.24) is 9.88 Å². The number of amides is 1. The normalized spacial score (nSPS) is 19.8. The van der Waals surface area contributed by atoms with Crippen LogP contribution >= 0.6 is 0 Å². The minimum absolute atomic E-state index is 0.185. The number of pyridine rings is 1. The van der Waals surface area contributed by atoms with Gasteiger partial charge in [0.1, 0.15) is 6.04 Å². The van der Waals surface area contributed by atoms with Gasteiger partial charge in [0, 0.05) is 18.3 Å². The predicted molar refractivity (Wildman–Crippen MR) is 85.8 cm³/mol. The molecule has 23 heavy (non-hydrogen) atoms. The third kappa shape index (κ3) is 3.13. The molecule has 1 fully saturated rings. The van der Waals surface area contributed by atoms with Crippen LogP contribution in [0.15, 0.2) is 60.3 Å². The molecule has 5 heteroatoms. The Morgan fingerprint density at radius 3 is 2.57 bits per heavy atom. The highest BCUT2D eigenvalue weighted by Gasteiger charge is 2.36. The van der Waals surface area contributed by atoms with Crippen molar-refractivity contribution in [3.63, 3.8) is 0 Å². The fourth-order valence-corrected chi connectivity index (χ4v) is 2.77. The average Bonchev–Trinajstić information content (AvgIpc) is 2.58. The first-order valence-electron chi connectivity index (χ1n) is 7.37. The number of ketones is 1. The van der Waals surface area contributed by atoms with Crippen LogP contribution in [0.3, 0.4) is 0 Å². The number of piperidine rings is 1. The number of hydrogen-bond donors (Lipinski definition) is 1. The van der Waals surface area contributed by atoms with Crippen molar-refractivity contribution < 1.29 is 14.7 Å². The van der Waals surface area contributed by atoms with E-state index in [2.05, 4.69) is 4.98 Å². The van der Waals surface area contributed by atoms with Gasteiger partial charge in [-0.15, -0.1) is 0 Å². The van der Waals surface area contributed by atoms with Crippen molar-refractivity contribution in [3.8, 4) is 0 Å². The topological polar surface area (TPSA) is 70.5 Å². The van der Waals surface area contributed by atoms with Gasteiger partial charge in [0.2, 0.25) is 0 Å². The summed E-state index contributed by atoms with van der Waals surface area (Å²) in [6, 6.07) is 13.7. The molecule has 0 bridgehead atoms. The second-order valence-corrected chi connectivity index (χ2v) is 5.33. The molecule has 1 unspecified atom stereocenters. The SMILES string of the molecule is O=C1C(=Cc2ccccn2)CCN(C(=O)O)C1c1ccccc1. The van der Waals surface area contributed by atoms with Gasteiger partial charge in [-0.1, -0.05) is 36.4 Å². The fraction of sp³-hybridized carbons (Fsp3) is 0.167. The summed E-state index contributed by atoms with van der Waals surface area (Å²) in [5, 5.41) is 9.41. The molecule has 1 amide bonds. The number of aromatic nitrogens is 1. The fourth-order valence-electron chi connectivity index (χ4n) is 2.77. The maximum absolute atomic E-state index is 12.8. The molecule has 3 rings (SSSR count). The Kier molecular flexibility index (Phi) is 4.19. The summed E-state index contributed by atoms with van der Waals surface area (Å²) in [5.74, 6) is -0.185. The van der Waals surface area contributed by atoms with Crippen LogP contribution in [-0.2, 0) is 4.79 Å². The second-order valence-electron chi connectivity index (χ2n) is 5.33. The molecule has 0 saturated carbocycles. The maximum Gasteiger partial charge on any atom is 0.408 e. The summed E-state index contributed by atoms with van der Waals surface area (Å²) in [4.78, 5) is 29.7. The Hall–Kier alpha value is -2.95. The minimum Gasteiger partial charge on any atom is -0.465 e. The molecule has 0 spiro atoms. The Balaban J connectivity index is 1.98. The van der Waals surface area contributed by atoms with Crippen LogP contribution in [0.1, 0.15) is 23.7 Å². The zero-order chi connectivity index (χ0) is 16.2. The average molecular weight is 308 g/mol. The number of carboxylic acid groups (broad SMARTS) is 1. The summed E-state index contributed by atoms with van der Waals surface area (Å²) in [7, 11) is 0. The molecule has 2 aromatic rings. The van der Waals surface area contributed by atoms with Crippen LogP contribution in [0.4, 0.5) is 4.79 Å². The van der Waals surface area contributed by atoms with E-state index in [-0.39, 0.29) is 5.78 Å². The molecule has 5 nitrogen and oxygen atoms in total. The van der Waals surface area contributed by atoms with E-state index in [1.807, 2.05) is 24.3 Å². The Bertz CT molecular complexity index is 741. The van der Waals surface area contributed by atoms with E-state index in [0.29, 0.717) is 29.8 Å². The number of rotatable bonds is 2. The molecule has 0 radical (unpaired) electrons. The largest absolute Gasteiger partial charge is 0.465 e. The first-order chi connectivity index (χ1) is 11.2. The van der Waals surface area contributed by atoms with E-state index in [9.17, 15) is 14.7 Å². The van der Waals surface area contributed by atoms with Crippen molar-refractivity contribution in [2.45, 2.75) is 12.5 Å². The van der Waals surface area contributed by atoms with Gasteiger partial charge in [-0.3, -0.25) is 14.7 Å². The van der Waals surface area contributed by atoms with Gasteiger partial charge >= 0.3 is 6.09 Å². The third-order valence-corrected chi connectivity index (χ3v) is 3.87. The third-order valence-electron chi connectivity index (χ3n) is 3.87. The summed E-state index contributed by atoms with van der Waals surface area (Å²) >= 11 is 0. The van der Waals surface area contributed by atoms with Gasteiger partial charge in [-0.05, 0) is 30.2 Å². The van der Waals surface area contributed by atoms with Gasteiger partial charge in [0.25, 0.3) is 0 Å². The molecule has 1 aliphatic rings. The molecular formula is C18H16N2O3. The predicted octanol–water partition coefficient (Wildman–Crippen LogP) is 3.16. The number of carbonyl (C=O) groups is 2. The van der Waals surface area contributed by atoms with Crippen LogP contribution in [0.25, 0.3) is 6.08 Å². The molecule has 1 N–H and O–H groups in total. The molecule has 116 valence electrons. The highest BCUT2D eigenvalue weighted by Crippen LogP contribution is 2.31. The smallest absolute Gasteiger partial charge is 0.408 e. The van der Waals surface area contributed by atoms with Gasteiger partial charge < -0.3 is 5.11 Å². The minimum atomic E-state index is -1.08. The Labute approximate surface area is 133 Å². The second kappa shape index (κ2) is 6.44. The molecule has 1 aromatic heterocycles. The first-order valence-corrected chi connectivity index (χ1v) is 7.37. The number of carbonyl (C=O) groups excluding carboxylic acids is 1. The zero-order valence-electron chi connectivity index (χ0n) is 12.4. The van der Waals surface area contributed by atoms with Crippen LogP contribution in [0, 0.1) is 0 Å². The van der Waals surface area contributed by atoms with Crippen LogP contribution in [0.2, 0.25) is 0 Å². The number of likely N-dealkylation sites (tertiary alicyclic amines) is 1. The van der Waals surface area contributed by atoms with Crippen molar-refractivity contribution in [2.75, 3.05) is 6.54 Å². The molecule has 1 atom stereocenters. The van der Waals surface area contributed by atoms with Gasteiger partial charge in [-0.25, -0.2) is 4.79 Å². The summed E-state index contributed by atoms with van der Waals surface area (Å²) < 4.78 is 0. The number of Topliss-reactive ketones (excluding diaryl/α,β-unsaturated/α-hetero) is 1. The van der Waals surface area contributed by atoms with Crippen LogP contribution in [-0.4, -0.2) is 33.4 Å². The monoisotopic (exact) mass is 308 g/mol. The Morgan fingerprint density at radius 1 is 1.17 bits per heavy atom. The number of nitrogens with zero attached hydrogens (tertiary/aromatic N) is 2. The van der Waals surface area contributed by atoms with E-state index < -0.39 is 12.1 Å². The highest BCUT2D eigenvalue weighted by molar-refractivity contribution is 6.05. The standard InChI is InChI=1S/C18H16N2O3/c21-17-14(12-15-8-4-5-10-19-15)9-11-20(18(22)23)16(17)13-6-2-1-3-7-13/h1-8,10,12,16H,9,11H2,(H,22,23). The lowest BCUT2D eigenvalue weighted by Gasteiger charge is -2.33. The molecule has 0 aliphatic carbocycles. The summed E-state index contributed by atoms with van der Waals surface area (Å²) in [6.07, 6.45) is 2.73. The lowest BCUT2D eigenvalue weighted by atomic mass is 9.89. The maximum atomic E-state index is 12.8. The van der Waals surface area contributed by atoms with Gasteiger partial charge in [-0.2, -0.15) is 0 Å². The molecule has 1 aromatic carbocycles. The quantitative estimate of drug-likeness (QED) is 0.865. The highest BCUT2D eigenvalue weighted by atomic mass is 16.4. The Morgan fingerprint density at radius 2 is 1.91 bits per heavy atom. The van der Waals surface area contributed by atoms with E-state index in [1.54, 1.807) is 36.5 Å². The number of hydrogen-bond acceptors (Lipinski definition) is 3. The van der Waals surface area contributed by atoms with Crippen molar-refractivity contribution in [3.05, 3.63) is 71.6 Å². The zero-order valence-corrected chi connectivity index (χ0v) is 12.4. The molecule has 1 saturated heterocycles. The molecule has 1 aliphatic heterocycles. The molecular weight excluding hydrogens is 292 g/mol.